The van der Waals surface area contributed by atoms with Crippen LogP contribution in [0.1, 0.15) is 31.8 Å². The predicted molar refractivity (Wildman–Crippen MR) is 80.0 cm³/mol. The summed E-state index contributed by atoms with van der Waals surface area (Å²) in [6, 6.07) is 12.4. The van der Waals surface area contributed by atoms with Crippen molar-refractivity contribution < 1.29 is 14.7 Å². The number of benzene rings is 2. The smallest absolute Gasteiger partial charge is 0.335 e. The van der Waals surface area contributed by atoms with Gasteiger partial charge in [0.15, 0.2) is 0 Å². The summed E-state index contributed by atoms with van der Waals surface area (Å²) in [5.74, 6) is -1.05. The van der Waals surface area contributed by atoms with Crippen molar-refractivity contribution in [1.82, 2.24) is 0 Å². The summed E-state index contributed by atoms with van der Waals surface area (Å²) in [4.78, 5) is 25.4. The molecule has 0 saturated carbocycles. The van der Waals surface area contributed by atoms with Crippen LogP contribution in [0, 0.1) is 6.92 Å². The highest BCUT2D eigenvalue weighted by Crippen LogP contribution is 2.28. The molecule has 21 heavy (non-hydrogen) atoms. The van der Waals surface area contributed by atoms with Gasteiger partial charge in [-0.1, -0.05) is 24.3 Å². The molecule has 0 atom stereocenters. The maximum absolute atomic E-state index is 12.6. The van der Waals surface area contributed by atoms with Gasteiger partial charge in [0, 0.05) is 17.8 Å². The summed E-state index contributed by atoms with van der Waals surface area (Å²) in [7, 11) is 0. The SMILES string of the molecule is Cc1ccc(C(=O)O)cc1N1CCc2ccccc2C1=O. The fourth-order valence-electron chi connectivity index (χ4n) is 2.69. The van der Waals surface area contributed by atoms with Gasteiger partial charge in [0.05, 0.1) is 5.56 Å². The zero-order chi connectivity index (χ0) is 15.0. The molecule has 4 nitrogen and oxygen atoms in total. The van der Waals surface area contributed by atoms with Gasteiger partial charge in [-0.05, 0) is 42.7 Å². The molecule has 4 heteroatoms. The monoisotopic (exact) mass is 281 g/mol. The highest BCUT2D eigenvalue weighted by atomic mass is 16.4. The first-order valence-electron chi connectivity index (χ1n) is 6.81. The summed E-state index contributed by atoms with van der Waals surface area (Å²) in [6.07, 6.45) is 0.776. The summed E-state index contributed by atoms with van der Waals surface area (Å²) in [6.45, 7) is 2.45. The number of nitrogens with zero attached hydrogens (tertiary/aromatic N) is 1. The Morgan fingerprint density at radius 2 is 1.95 bits per heavy atom. The molecule has 106 valence electrons. The number of anilines is 1. The summed E-state index contributed by atoms with van der Waals surface area (Å²) in [5.41, 5.74) is 3.51. The minimum Gasteiger partial charge on any atom is -0.478 e. The third-order valence-corrected chi connectivity index (χ3v) is 3.84. The van der Waals surface area contributed by atoms with Crippen LogP contribution in [-0.2, 0) is 6.42 Å². The van der Waals surface area contributed by atoms with Gasteiger partial charge >= 0.3 is 5.97 Å². The van der Waals surface area contributed by atoms with Crippen molar-refractivity contribution in [3.05, 3.63) is 64.7 Å². The van der Waals surface area contributed by atoms with E-state index >= 15 is 0 Å². The molecular weight excluding hydrogens is 266 g/mol. The Bertz CT molecular complexity index is 737. The van der Waals surface area contributed by atoms with Crippen LogP contribution in [0.2, 0.25) is 0 Å². The van der Waals surface area contributed by atoms with Crippen molar-refractivity contribution in [1.29, 1.82) is 0 Å². The number of carbonyl (C=O) groups excluding carboxylic acids is 1. The van der Waals surface area contributed by atoms with Crippen molar-refractivity contribution in [2.45, 2.75) is 13.3 Å². The Balaban J connectivity index is 2.04. The Labute approximate surface area is 122 Å². The second-order valence-electron chi connectivity index (χ2n) is 5.17. The molecule has 0 saturated heterocycles. The zero-order valence-corrected chi connectivity index (χ0v) is 11.7. The van der Waals surface area contributed by atoms with Gasteiger partial charge in [0.25, 0.3) is 5.91 Å². The van der Waals surface area contributed by atoms with Crippen LogP contribution in [0.5, 0.6) is 0 Å². The van der Waals surface area contributed by atoms with E-state index in [0.29, 0.717) is 17.8 Å². The number of aryl methyl sites for hydroxylation is 1. The molecule has 0 aliphatic carbocycles. The first kappa shape index (κ1) is 13.4. The second kappa shape index (κ2) is 5.05. The number of carbonyl (C=O) groups is 2. The molecule has 0 bridgehead atoms. The molecule has 0 radical (unpaired) electrons. The van der Waals surface area contributed by atoms with Gasteiger partial charge < -0.3 is 10.0 Å². The van der Waals surface area contributed by atoms with Gasteiger partial charge in [-0.15, -0.1) is 0 Å². The van der Waals surface area contributed by atoms with Crippen LogP contribution in [0.25, 0.3) is 0 Å². The fourth-order valence-corrected chi connectivity index (χ4v) is 2.69. The van der Waals surface area contributed by atoms with Gasteiger partial charge in [0.2, 0.25) is 0 Å². The molecule has 0 spiro atoms. The quantitative estimate of drug-likeness (QED) is 0.920. The van der Waals surface area contributed by atoms with E-state index in [4.69, 9.17) is 5.11 Å². The van der Waals surface area contributed by atoms with Crippen LogP contribution in [0.15, 0.2) is 42.5 Å². The number of rotatable bonds is 2. The van der Waals surface area contributed by atoms with Crippen molar-refractivity contribution >= 4 is 17.6 Å². The molecular formula is C17H15NO3. The summed E-state index contributed by atoms with van der Waals surface area (Å²) >= 11 is 0. The molecule has 2 aromatic rings. The third kappa shape index (κ3) is 2.29. The van der Waals surface area contributed by atoms with E-state index in [9.17, 15) is 9.59 Å². The van der Waals surface area contributed by atoms with E-state index in [1.807, 2.05) is 31.2 Å². The van der Waals surface area contributed by atoms with Gasteiger partial charge in [-0.25, -0.2) is 4.79 Å². The third-order valence-electron chi connectivity index (χ3n) is 3.84. The first-order valence-corrected chi connectivity index (χ1v) is 6.81. The lowest BCUT2D eigenvalue weighted by Crippen LogP contribution is -2.38. The molecule has 3 rings (SSSR count). The number of hydrogen-bond donors (Lipinski definition) is 1. The van der Waals surface area contributed by atoms with E-state index in [1.54, 1.807) is 23.1 Å². The number of amides is 1. The van der Waals surface area contributed by atoms with E-state index in [1.165, 1.54) is 0 Å². The molecule has 0 unspecified atom stereocenters. The van der Waals surface area contributed by atoms with Crippen LogP contribution >= 0.6 is 0 Å². The number of hydrogen-bond acceptors (Lipinski definition) is 2. The van der Waals surface area contributed by atoms with Crippen molar-refractivity contribution in [2.75, 3.05) is 11.4 Å². The van der Waals surface area contributed by atoms with Crippen LogP contribution in [0.3, 0.4) is 0 Å². The van der Waals surface area contributed by atoms with Crippen LogP contribution in [0.4, 0.5) is 5.69 Å². The largest absolute Gasteiger partial charge is 0.478 e. The lowest BCUT2D eigenvalue weighted by atomic mass is 9.97. The van der Waals surface area contributed by atoms with E-state index in [-0.39, 0.29) is 11.5 Å². The number of aromatic carboxylic acids is 1. The maximum Gasteiger partial charge on any atom is 0.335 e. The Morgan fingerprint density at radius 3 is 2.71 bits per heavy atom. The molecule has 1 heterocycles. The van der Waals surface area contributed by atoms with Crippen LogP contribution in [-0.4, -0.2) is 23.5 Å². The Morgan fingerprint density at radius 1 is 1.19 bits per heavy atom. The Hall–Kier alpha value is -2.62. The molecule has 0 aromatic heterocycles. The van der Waals surface area contributed by atoms with Crippen molar-refractivity contribution in [3.8, 4) is 0 Å². The predicted octanol–water partition coefficient (Wildman–Crippen LogP) is 2.90. The first-order chi connectivity index (χ1) is 10.1. The minimum absolute atomic E-state index is 0.0671. The fraction of sp³-hybridized carbons (Fsp3) is 0.176. The lowest BCUT2D eigenvalue weighted by Gasteiger charge is -2.30. The number of carboxylic acids is 1. The lowest BCUT2D eigenvalue weighted by molar-refractivity contribution is 0.0696. The highest BCUT2D eigenvalue weighted by molar-refractivity contribution is 6.09. The topological polar surface area (TPSA) is 57.6 Å². The highest BCUT2D eigenvalue weighted by Gasteiger charge is 2.26. The molecule has 2 aromatic carbocycles. The van der Waals surface area contributed by atoms with Crippen molar-refractivity contribution in [3.63, 3.8) is 0 Å². The number of fused-ring (bicyclic) bond motifs is 1. The Kier molecular flexibility index (Phi) is 3.22. The normalized spacial score (nSPS) is 14.0. The molecule has 0 fully saturated rings. The number of carboxylic acid groups (broad SMARTS) is 1. The van der Waals surface area contributed by atoms with E-state index < -0.39 is 5.97 Å². The summed E-state index contributed by atoms with van der Waals surface area (Å²) in [5, 5.41) is 9.12. The maximum atomic E-state index is 12.6. The van der Waals surface area contributed by atoms with Gasteiger partial charge in [0.1, 0.15) is 0 Å². The van der Waals surface area contributed by atoms with Gasteiger partial charge in [-0.2, -0.15) is 0 Å². The standard InChI is InChI=1S/C17H15NO3/c1-11-6-7-13(17(20)21)10-15(11)18-9-8-12-4-2-3-5-14(12)16(18)19/h2-7,10H,8-9H2,1H3,(H,20,21). The van der Waals surface area contributed by atoms with Crippen LogP contribution < -0.4 is 4.90 Å². The second-order valence-corrected chi connectivity index (χ2v) is 5.17. The average Bonchev–Trinajstić information content (AvgIpc) is 2.49. The van der Waals surface area contributed by atoms with E-state index in [0.717, 1.165) is 17.5 Å². The van der Waals surface area contributed by atoms with Gasteiger partial charge in [-0.3, -0.25) is 4.79 Å². The minimum atomic E-state index is -0.985. The molecule has 1 aliphatic rings. The summed E-state index contributed by atoms with van der Waals surface area (Å²) < 4.78 is 0. The average molecular weight is 281 g/mol. The zero-order valence-electron chi connectivity index (χ0n) is 11.7. The van der Waals surface area contributed by atoms with E-state index in [2.05, 4.69) is 0 Å². The molecule has 1 N–H and O–H groups in total. The molecule has 1 aliphatic heterocycles. The van der Waals surface area contributed by atoms with Crippen molar-refractivity contribution in [2.24, 2.45) is 0 Å². The molecule has 1 amide bonds.